The maximum atomic E-state index is 12.4. The minimum Gasteiger partial charge on any atom is -0.334 e. The largest absolute Gasteiger partial charge is 0.334 e. The van der Waals surface area contributed by atoms with Crippen LogP contribution in [-0.4, -0.2) is 21.8 Å². The van der Waals surface area contributed by atoms with Gasteiger partial charge in [-0.1, -0.05) is 35.0 Å². The van der Waals surface area contributed by atoms with Crippen molar-refractivity contribution in [2.45, 2.75) is 4.90 Å². The Balaban J connectivity index is 1.47. The number of carbonyl (C=O) groups is 1. The van der Waals surface area contributed by atoms with Gasteiger partial charge in [-0.3, -0.25) is 4.79 Å². The highest BCUT2D eigenvalue weighted by molar-refractivity contribution is 8.00. The maximum Gasteiger partial charge on any atom is 0.260 e. The van der Waals surface area contributed by atoms with E-state index in [1.54, 1.807) is 12.1 Å². The fraction of sp³-hybridized carbons (Fsp3) is 0.0500. The fourth-order valence-electron chi connectivity index (χ4n) is 2.48. The summed E-state index contributed by atoms with van der Waals surface area (Å²) in [6.07, 6.45) is 0. The molecule has 0 aliphatic rings. The van der Waals surface area contributed by atoms with Gasteiger partial charge in [0.1, 0.15) is 0 Å². The number of hydrogen-bond acceptors (Lipinski definition) is 6. The van der Waals surface area contributed by atoms with Crippen molar-refractivity contribution in [3.8, 4) is 22.2 Å². The van der Waals surface area contributed by atoms with E-state index in [1.807, 2.05) is 53.9 Å². The number of thioether (sulfide) groups is 1. The van der Waals surface area contributed by atoms with Crippen molar-refractivity contribution in [1.82, 2.24) is 10.1 Å². The van der Waals surface area contributed by atoms with Crippen molar-refractivity contribution in [3.63, 3.8) is 0 Å². The number of carbonyl (C=O) groups excluding carboxylic acids is 1. The minimum atomic E-state index is -0.120. The Kier molecular flexibility index (Phi) is 5.76. The van der Waals surface area contributed by atoms with E-state index in [0.29, 0.717) is 28.0 Å². The highest BCUT2D eigenvalue weighted by Crippen LogP contribution is 2.30. The van der Waals surface area contributed by atoms with Gasteiger partial charge in [0.2, 0.25) is 11.7 Å². The van der Waals surface area contributed by atoms with E-state index < -0.39 is 0 Å². The average Bonchev–Trinajstić information content (AvgIpc) is 3.40. The number of benzene rings is 2. The summed E-state index contributed by atoms with van der Waals surface area (Å²) in [5.41, 5.74) is 1.31. The van der Waals surface area contributed by atoms with Gasteiger partial charge in [0, 0.05) is 9.92 Å². The second-order valence-electron chi connectivity index (χ2n) is 5.74. The van der Waals surface area contributed by atoms with Crippen molar-refractivity contribution in [2.24, 2.45) is 0 Å². The Labute approximate surface area is 174 Å². The number of amides is 1. The number of para-hydroxylation sites is 1. The molecule has 2 aromatic heterocycles. The van der Waals surface area contributed by atoms with Crippen LogP contribution in [0.15, 0.2) is 75.5 Å². The summed E-state index contributed by atoms with van der Waals surface area (Å²) in [5, 5.41) is 9.59. The molecule has 2 heterocycles. The highest BCUT2D eigenvalue weighted by atomic mass is 35.5. The molecule has 0 atom stereocenters. The zero-order valence-corrected chi connectivity index (χ0v) is 16.9. The number of anilines is 1. The van der Waals surface area contributed by atoms with Gasteiger partial charge < -0.3 is 9.84 Å². The molecule has 0 spiro atoms. The second-order valence-corrected chi connectivity index (χ2v) is 8.17. The summed E-state index contributed by atoms with van der Waals surface area (Å²) in [4.78, 5) is 18.8. The lowest BCUT2D eigenvalue weighted by molar-refractivity contribution is -0.113. The van der Waals surface area contributed by atoms with E-state index in [-0.39, 0.29) is 11.7 Å². The first-order valence-corrected chi connectivity index (χ1v) is 10.6. The molecule has 8 heteroatoms. The third-order valence-electron chi connectivity index (χ3n) is 3.78. The van der Waals surface area contributed by atoms with Crippen LogP contribution in [-0.2, 0) is 4.79 Å². The molecule has 0 radical (unpaired) electrons. The predicted octanol–water partition coefficient (Wildman–Crippen LogP) is 5.85. The Morgan fingerprint density at radius 2 is 1.93 bits per heavy atom. The molecule has 1 amide bonds. The molecule has 140 valence electrons. The van der Waals surface area contributed by atoms with Crippen LogP contribution in [0.4, 0.5) is 5.69 Å². The van der Waals surface area contributed by atoms with Crippen molar-refractivity contribution < 1.29 is 9.32 Å². The Morgan fingerprint density at radius 1 is 1.11 bits per heavy atom. The molecular weight excluding hydrogens is 414 g/mol. The number of thiophene rings is 1. The Hall–Kier alpha value is -2.61. The molecule has 4 rings (SSSR count). The monoisotopic (exact) mass is 427 g/mol. The third kappa shape index (κ3) is 4.44. The van der Waals surface area contributed by atoms with Crippen LogP contribution in [0.2, 0.25) is 5.02 Å². The molecule has 0 bridgehead atoms. The van der Waals surface area contributed by atoms with Crippen LogP contribution in [0, 0.1) is 0 Å². The Bertz CT molecular complexity index is 1080. The van der Waals surface area contributed by atoms with Crippen LogP contribution in [0.1, 0.15) is 0 Å². The van der Waals surface area contributed by atoms with Crippen molar-refractivity contribution in [3.05, 3.63) is 71.1 Å². The summed E-state index contributed by atoms with van der Waals surface area (Å²) in [6.45, 7) is 0. The van der Waals surface area contributed by atoms with Crippen molar-refractivity contribution in [1.29, 1.82) is 0 Å². The van der Waals surface area contributed by atoms with E-state index in [2.05, 4.69) is 15.5 Å². The molecule has 5 nitrogen and oxygen atoms in total. The van der Waals surface area contributed by atoms with Gasteiger partial charge in [-0.15, -0.1) is 23.1 Å². The zero-order chi connectivity index (χ0) is 19.3. The SMILES string of the molecule is O=C(CSc1ccc(Cl)cc1)Nc1ccccc1-c1nc(-c2cccs2)no1. The number of nitrogens with zero attached hydrogens (tertiary/aromatic N) is 2. The summed E-state index contributed by atoms with van der Waals surface area (Å²) < 4.78 is 5.41. The molecular formula is C20H14ClN3O2S2. The van der Waals surface area contributed by atoms with E-state index in [9.17, 15) is 4.79 Å². The standard InChI is InChI=1S/C20H14ClN3O2S2/c21-13-7-9-14(10-8-13)28-12-18(25)22-16-5-2-1-4-15(16)20-23-19(24-26-20)17-6-3-11-27-17/h1-11H,12H2,(H,22,25). The van der Waals surface area contributed by atoms with Gasteiger partial charge in [-0.25, -0.2) is 0 Å². The van der Waals surface area contributed by atoms with Crippen molar-refractivity contribution >= 4 is 46.3 Å². The van der Waals surface area contributed by atoms with Gasteiger partial charge in [-0.2, -0.15) is 4.98 Å². The first-order valence-electron chi connectivity index (χ1n) is 8.34. The Morgan fingerprint density at radius 3 is 2.71 bits per heavy atom. The van der Waals surface area contributed by atoms with Gasteiger partial charge in [0.05, 0.1) is 21.9 Å². The number of hydrogen-bond donors (Lipinski definition) is 1. The lowest BCUT2D eigenvalue weighted by Gasteiger charge is -2.08. The molecule has 0 aliphatic heterocycles. The van der Waals surface area contributed by atoms with Crippen LogP contribution in [0.5, 0.6) is 0 Å². The zero-order valence-electron chi connectivity index (χ0n) is 14.5. The average molecular weight is 428 g/mol. The number of nitrogens with one attached hydrogen (secondary N) is 1. The van der Waals surface area contributed by atoms with Gasteiger partial charge in [0.15, 0.2) is 0 Å². The summed E-state index contributed by atoms with van der Waals surface area (Å²) in [6, 6.07) is 18.6. The molecule has 28 heavy (non-hydrogen) atoms. The molecule has 0 aliphatic carbocycles. The van der Waals surface area contributed by atoms with Gasteiger partial charge in [0.25, 0.3) is 5.89 Å². The molecule has 0 fully saturated rings. The normalized spacial score (nSPS) is 10.8. The van der Waals surface area contributed by atoms with Gasteiger partial charge in [-0.05, 0) is 47.8 Å². The number of rotatable bonds is 6. The molecule has 0 unspecified atom stereocenters. The second kappa shape index (κ2) is 8.60. The molecule has 4 aromatic rings. The van der Waals surface area contributed by atoms with Crippen LogP contribution >= 0.6 is 34.7 Å². The minimum absolute atomic E-state index is 0.120. The quantitative estimate of drug-likeness (QED) is 0.391. The maximum absolute atomic E-state index is 12.4. The smallest absolute Gasteiger partial charge is 0.260 e. The van der Waals surface area contributed by atoms with E-state index in [4.69, 9.17) is 16.1 Å². The first-order chi connectivity index (χ1) is 13.7. The number of halogens is 1. The molecule has 2 aromatic carbocycles. The molecule has 0 saturated heterocycles. The fourth-order valence-corrected chi connectivity index (χ4v) is 3.96. The first kappa shape index (κ1) is 18.7. The van der Waals surface area contributed by atoms with E-state index >= 15 is 0 Å². The summed E-state index contributed by atoms with van der Waals surface area (Å²) >= 11 is 8.86. The predicted molar refractivity (Wildman–Crippen MR) is 114 cm³/mol. The van der Waals surface area contributed by atoms with Crippen molar-refractivity contribution in [2.75, 3.05) is 11.1 Å². The van der Waals surface area contributed by atoms with Crippen LogP contribution in [0.3, 0.4) is 0 Å². The molecule has 0 saturated carbocycles. The summed E-state index contributed by atoms with van der Waals surface area (Å²) in [5.74, 6) is 1.06. The number of aromatic nitrogens is 2. The van der Waals surface area contributed by atoms with Crippen LogP contribution < -0.4 is 5.32 Å². The lowest BCUT2D eigenvalue weighted by Crippen LogP contribution is -2.14. The third-order valence-corrected chi connectivity index (χ3v) is 5.91. The van der Waals surface area contributed by atoms with Gasteiger partial charge >= 0.3 is 0 Å². The summed E-state index contributed by atoms with van der Waals surface area (Å²) in [7, 11) is 0. The van der Waals surface area contributed by atoms with E-state index in [0.717, 1.165) is 9.77 Å². The topological polar surface area (TPSA) is 68.0 Å². The molecule has 1 N–H and O–H groups in total. The van der Waals surface area contributed by atoms with Crippen LogP contribution in [0.25, 0.3) is 22.2 Å². The van der Waals surface area contributed by atoms with E-state index in [1.165, 1.54) is 23.1 Å². The lowest BCUT2D eigenvalue weighted by atomic mass is 10.1. The highest BCUT2D eigenvalue weighted by Gasteiger charge is 2.16.